The minimum absolute atomic E-state index is 0.155. The molecule has 1 aliphatic rings. The van der Waals surface area contributed by atoms with Gasteiger partial charge >= 0.3 is 0 Å². The number of carbonyl (C=O) groups excluding carboxylic acids is 1. The maximum atomic E-state index is 11.6. The first-order valence-electron chi connectivity index (χ1n) is 8.96. The highest BCUT2D eigenvalue weighted by Gasteiger charge is 2.22. The smallest absolute Gasteiger partial charge is 0.219 e. The lowest BCUT2D eigenvalue weighted by Gasteiger charge is -2.20. The Labute approximate surface area is 157 Å². The SMILES string of the molecule is CC(=O)N1CCCN(c2nc3c(s2)c(C)nn3-c2ccc(C)cc2)CC1. The molecule has 0 N–H and O–H groups in total. The minimum atomic E-state index is 0.155. The standard InChI is InChI=1S/C19H23N5OS/c1-13-5-7-16(8-6-13)24-18-17(14(2)21-24)26-19(20-18)23-10-4-9-22(11-12-23)15(3)25/h5-8H,4,9-12H2,1-3H3. The van der Waals surface area contributed by atoms with Crippen LogP contribution in [-0.2, 0) is 4.79 Å². The average molecular weight is 369 g/mol. The average Bonchev–Trinajstić information content (AvgIpc) is 3.06. The van der Waals surface area contributed by atoms with Crippen molar-refractivity contribution in [1.82, 2.24) is 19.7 Å². The largest absolute Gasteiger partial charge is 0.346 e. The number of anilines is 1. The molecule has 0 bridgehead atoms. The minimum Gasteiger partial charge on any atom is -0.346 e. The van der Waals surface area contributed by atoms with Gasteiger partial charge < -0.3 is 9.80 Å². The van der Waals surface area contributed by atoms with E-state index in [1.807, 2.05) is 16.5 Å². The van der Waals surface area contributed by atoms with Crippen LogP contribution >= 0.6 is 11.3 Å². The van der Waals surface area contributed by atoms with Crippen LogP contribution < -0.4 is 4.90 Å². The molecule has 0 aliphatic carbocycles. The molecular weight excluding hydrogens is 346 g/mol. The van der Waals surface area contributed by atoms with E-state index in [9.17, 15) is 4.79 Å². The fourth-order valence-corrected chi connectivity index (χ4v) is 4.39. The first kappa shape index (κ1) is 17.0. The molecule has 0 saturated carbocycles. The molecule has 3 aromatic rings. The van der Waals surface area contributed by atoms with Crippen molar-refractivity contribution >= 4 is 32.7 Å². The summed E-state index contributed by atoms with van der Waals surface area (Å²) in [4.78, 5) is 20.8. The quantitative estimate of drug-likeness (QED) is 0.696. The van der Waals surface area contributed by atoms with Gasteiger partial charge in [-0.25, -0.2) is 4.68 Å². The number of hydrogen-bond donors (Lipinski definition) is 0. The van der Waals surface area contributed by atoms with Crippen LogP contribution in [0.4, 0.5) is 5.13 Å². The summed E-state index contributed by atoms with van der Waals surface area (Å²) in [7, 11) is 0. The molecule has 0 atom stereocenters. The summed E-state index contributed by atoms with van der Waals surface area (Å²) in [6.45, 7) is 9.10. The molecule has 26 heavy (non-hydrogen) atoms. The van der Waals surface area contributed by atoms with E-state index in [4.69, 9.17) is 4.98 Å². The van der Waals surface area contributed by atoms with Crippen LogP contribution in [0.3, 0.4) is 0 Å². The molecule has 6 nitrogen and oxygen atoms in total. The Hall–Kier alpha value is -2.41. The maximum Gasteiger partial charge on any atom is 0.219 e. The highest BCUT2D eigenvalue weighted by Crippen LogP contribution is 2.33. The summed E-state index contributed by atoms with van der Waals surface area (Å²) in [6, 6.07) is 8.35. The lowest BCUT2D eigenvalue weighted by atomic mass is 10.2. The van der Waals surface area contributed by atoms with Gasteiger partial charge in [-0.1, -0.05) is 29.0 Å². The van der Waals surface area contributed by atoms with Crippen LogP contribution in [0.5, 0.6) is 0 Å². The van der Waals surface area contributed by atoms with E-state index in [0.29, 0.717) is 0 Å². The molecule has 0 spiro atoms. The van der Waals surface area contributed by atoms with Crippen LogP contribution in [0, 0.1) is 13.8 Å². The number of aromatic nitrogens is 3. The highest BCUT2D eigenvalue weighted by molar-refractivity contribution is 7.22. The Bertz CT molecular complexity index is 943. The number of hydrogen-bond acceptors (Lipinski definition) is 5. The van der Waals surface area contributed by atoms with Crippen LogP contribution in [0.1, 0.15) is 24.6 Å². The predicted octanol–water partition coefficient (Wildman–Crippen LogP) is 3.16. The second-order valence-corrected chi connectivity index (χ2v) is 7.81. The molecule has 0 radical (unpaired) electrons. The maximum absolute atomic E-state index is 11.6. The third-order valence-electron chi connectivity index (χ3n) is 4.87. The first-order valence-corrected chi connectivity index (χ1v) is 9.78. The van der Waals surface area contributed by atoms with Crippen molar-refractivity contribution < 1.29 is 4.79 Å². The Morgan fingerprint density at radius 1 is 1.08 bits per heavy atom. The monoisotopic (exact) mass is 369 g/mol. The van der Waals surface area contributed by atoms with Crippen molar-refractivity contribution in [3.8, 4) is 5.69 Å². The fourth-order valence-electron chi connectivity index (χ4n) is 3.35. The number of benzene rings is 1. The van der Waals surface area contributed by atoms with Crippen molar-refractivity contribution in [2.45, 2.75) is 27.2 Å². The van der Waals surface area contributed by atoms with E-state index in [0.717, 1.165) is 59.5 Å². The highest BCUT2D eigenvalue weighted by atomic mass is 32.1. The van der Waals surface area contributed by atoms with Crippen LogP contribution in [0.15, 0.2) is 24.3 Å². The van der Waals surface area contributed by atoms with Gasteiger partial charge in [0, 0.05) is 33.1 Å². The topological polar surface area (TPSA) is 54.3 Å². The predicted molar refractivity (Wildman–Crippen MR) is 105 cm³/mol. The molecule has 0 unspecified atom stereocenters. The zero-order chi connectivity index (χ0) is 18.3. The summed E-state index contributed by atoms with van der Waals surface area (Å²) in [5, 5.41) is 5.70. The van der Waals surface area contributed by atoms with E-state index in [1.54, 1.807) is 18.3 Å². The van der Waals surface area contributed by atoms with Crippen molar-refractivity contribution in [3.63, 3.8) is 0 Å². The fraction of sp³-hybridized carbons (Fsp3) is 0.421. The Morgan fingerprint density at radius 2 is 1.85 bits per heavy atom. The number of carbonyl (C=O) groups is 1. The third kappa shape index (κ3) is 3.07. The molecule has 1 amide bonds. The van der Waals surface area contributed by atoms with E-state index in [2.05, 4.69) is 41.2 Å². The molecule has 3 heterocycles. The Kier molecular flexibility index (Phi) is 4.40. The molecule has 1 fully saturated rings. The molecule has 136 valence electrons. The summed E-state index contributed by atoms with van der Waals surface area (Å²) in [5.74, 6) is 0.155. The van der Waals surface area contributed by atoms with Crippen molar-refractivity contribution in [1.29, 1.82) is 0 Å². The van der Waals surface area contributed by atoms with Crippen molar-refractivity contribution in [2.75, 3.05) is 31.1 Å². The summed E-state index contributed by atoms with van der Waals surface area (Å²) < 4.78 is 3.07. The van der Waals surface area contributed by atoms with Gasteiger partial charge in [-0.2, -0.15) is 10.1 Å². The second-order valence-electron chi connectivity index (χ2n) is 6.83. The van der Waals surface area contributed by atoms with E-state index >= 15 is 0 Å². The van der Waals surface area contributed by atoms with E-state index in [-0.39, 0.29) is 5.91 Å². The van der Waals surface area contributed by atoms with Crippen molar-refractivity contribution in [3.05, 3.63) is 35.5 Å². The number of amides is 1. The number of rotatable bonds is 2. The summed E-state index contributed by atoms with van der Waals surface area (Å²) in [6.07, 6.45) is 0.971. The number of aryl methyl sites for hydroxylation is 2. The van der Waals surface area contributed by atoms with Gasteiger partial charge in [-0.05, 0) is 32.4 Å². The van der Waals surface area contributed by atoms with Gasteiger partial charge in [0.25, 0.3) is 0 Å². The third-order valence-corrected chi connectivity index (χ3v) is 6.08. The van der Waals surface area contributed by atoms with E-state index in [1.165, 1.54) is 5.56 Å². The van der Waals surface area contributed by atoms with Gasteiger partial charge in [0.15, 0.2) is 10.8 Å². The van der Waals surface area contributed by atoms with Crippen LogP contribution in [0.25, 0.3) is 16.0 Å². The lowest BCUT2D eigenvalue weighted by Crippen LogP contribution is -2.33. The molecule has 1 aromatic carbocycles. The molecule has 1 aliphatic heterocycles. The van der Waals surface area contributed by atoms with Crippen LogP contribution in [0.2, 0.25) is 0 Å². The Morgan fingerprint density at radius 3 is 2.58 bits per heavy atom. The molecule has 4 rings (SSSR count). The van der Waals surface area contributed by atoms with E-state index < -0.39 is 0 Å². The molecule has 2 aromatic heterocycles. The van der Waals surface area contributed by atoms with Gasteiger partial charge in [0.1, 0.15) is 0 Å². The normalized spacial score (nSPS) is 15.5. The number of fused-ring (bicyclic) bond motifs is 1. The lowest BCUT2D eigenvalue weighted by molar-refractivity contribution is -0.128. The van der Waals surface area contributed by atoms with Gasteiger partial charge in [0.05, 0.1) is 16.1 Å². The van der Waals surface area contributed by atoms with Gasteiger partial charge in [-0.3, -0.25) is 4.79 Å². The second kappa shape index (κ2) is 6.72. The molecule has 7 heteroatoms. The zero-order valence-electron chi connectivity index (χ0n) is 15.4. The van der Waals surface area contributed by atoms with Crippen LogP contribution in [-0.4, -0.2) is 51.8 Å². The van der Waals surface area contributed by atoms with Crippen molar-refractivity contribution in [2.24, 2.45) is 0 Å². The summed E-state index contributed by atoms with van der Waals surface area (Å²) >= 11 is 1.70. The number of nitrogens with zero attached hydrogens (tertiary/aromatic N) is 5. The first-order chi connectivity index (χ1) is 12.5. The zero-order valence-corrected chi connectivity index (χ0v) is 16.2. The Balaban J connectivity index is 1.67. The molecular formula is C19H23N5OS. The van der Waals surface area contributed by atoms with Gasteiger partial charge in [0.2, 0.25) is 5.91 Å². The summed E-state index contributed by atoms with van der Waals surface area (Å²) in [5.41, 5.74) is 4.18. The molecule has 1 saturated heterocycles. The van der Waals surface area contributed by atoms with Gasteiger partial charge in [-0.15, -0.1) is 0 Å². The number of thiazole rings is 1.